The van der Waals surface area contributed by atoms with Gasteiger partial charge in [-0.25, -0.2) is 4.39 Å². The van der Waals surface area contributed by atoms with E-state index in [1.807, 2.05) is 6.07 Å². The van der Waals surface area contributed by atoms with Crippen LogP contribution in [0.25, 0.3) is 0 Å². The predicted octanol–water partition coefficient (Wildman–Crippen LogP) is 3.74. The number of carboxylic acid groups (broad SMARTS) is 1. The van der Waals surface area contributed by atoms with E-state index >= 15 is 0 Å². The molecule has 1 atom stereocenters. The highest BCUT2D eigenvalue weighted by Gasteiger charge is 2.38. The molecule has 4 rings (SSSR count). The van der Waals surface area contributed by atoms with E-state index < -0.39 is 23.5 Å². The molecule has 2 aliphatic heterocycles. The van der Waals surface area contributed by atoms with Gasteiger partial charge < -0.3 is 14.6 Å². The Labute approximate surface area is 169 Å². The van der Waals surface area contributed by atoms with Crippen molar-refractivity contribution in [1.82, 2.24) is 4.90 Å². The minimum atomic E-state index is -4.60. The third-order valence-corrected chi connectivity index (χ3v) is 5.48. The monoisotopic (exact) mass is 425 g/mol. The molecule has 1 N–H and O–H groups in total. The van der Waals surface area contributed by atoms with E-state index in [0.717, 1.165) is 24.1 Å². The van der Waals surface area contributed by atoms with Crippen molar-refractivity contribution in [3.8, 4) is 11.5 Å². The number of carboxylic acids is 1. The number of carbonyl (C=O) groups is 1. The van der Waals surface area contributed by atoms with Gasteiger partial charge in [-0.15, -0.1) is 0 Å². The lowest BCUT2D eigenvalue weighted by Gasteiger charge is -2.43. The number of alkyl halides is 3. The fraction of sp³-hybridized carbons (Fsp3) is 0.381. The van der Waals surface area contributed by atoms with Gasteiger partial charge in [0, 0.05) is 30.8 Å². The Kier molecular flexibility index (Phi) is 5.31. The Morgan fingerprint density at radius 2 is 1.97 bits per heavy atom. The summed E-state index contributed by atoms with van der Waals surface area (Å²) in [6, 6.07) is 7.65. The molecule has 1 fully saturated rings. The zero-order chi connectivity index (χ0) is 21.5. The summed E-state index contributed by atoms with van der Waals surface area (Å²) in [4.78, 5) is 13.0. The largest absolute Gasteiger partial charge is 0.492 e. The third-order valence-electron chi connectivity index (χ3n) is 5.48. The molecule has 2 aliphatic rings. The van der Waals surface area contributed by atoms with Gasteiger partial charge in [-0.1, -0.05) is 12.1 Å². The molecule has 0 spiro atoms. The van der Waals surface area contributed by atoms with Crippen LogP contribution in [-0.4, -0.2) is 41.7 Å². The Hall–Kier alpha value is -2.81. The second-order valence-electron chi connectivity index (χ2n) is 7.52. The summed E-state index contributed by atoms with van der Waals surface area (Å²) < 4.78 is 63.2. The van der Waals surface area contributed by atoms with E-state index in [1.54, 1.807) is 12.1 Å². The second kappa shape index (κ2) is 7.79. The molecule has 5 nitrogen and oxygen atoms in total. The summed E-state index contributed by atoms with van der Waals surface area (Å²) in [5.41, 5.74) is -0.0667. The number of halogens is 4. The summed E-state index contributed by atoms with van der Waals surface area (Å²) >= 11 is 0. The molecular formula is C21H19F4NO4. The average Bonchev–Trinajstić information content (AvgIpc) is 2.64. The number of benzene rings is 2. The highest BCUT2D eigenvalue weighted by Crippen LogP contribution is 2.33. The van der Waals surface area contributed by atoms with Gasteiger partial charge in [-0.05, 0) is 30.2 Å². The van der Waals surface area contributed by atoms with E-state index in [0.29, 0.717) is 37.3 Å². The lowest BCUT2D eigenvalue weighted by atomic mass is 9.93. The van der Waals surface area contributed by atoms with Crippen molar-refractivity contribution in [2.24, 2.45) is 5.92 Å². The summed E-state index contributed by atoms with van der Waals surface area (Å²) in [7, 11) is 0. The van der Waals surface area contributed by atoms with Crippen LogP contribution < -0.4 is 9.47 Å². The number of fused-ring (bicyclic) bond motifs is 1. The predicted molar refractivity (Wildman–Crippen MR) is 97.9 cm³/mol. The van der Waals surface area contributed by atoms with Crippen LogP contribution in [0.4, 0.5) is 17.6 Å². The zero-order valence-electron chi connectivity index (χ0n) is 15.8. The van der Waals surface area contributed by atoms with Crippen LogP contribution in [0.1, 0.15) is 16.7 Å². The molecule has 0 radical (unpaired) electrons. The highest BCUT2D eigenvalue weighted by atomic mass is 19.4. The number of likely N-dealkylation sites (tertiary alicyclic amines) is 1. The fourth-order valence-electron chi connectivity index (χ4n) is 3.63. The van der Waals surface area contributed by atoms with Gasteiger partial charge in [0.25, 0.3) is 0 Å². The molecule has 2 heterocycles. The molecule has 0 amide bonds. The normalized spacial score (nSPS) is 19.5. The molecule has 160 valence electrons. The first kappa shape index (κ1) is 20.5. The molecule has 1 saturated heterocycles. The maximum Gasteiger partial charge on any atom is 0.416 e. The van der Waals surface area contributed by atoms with Crippen molar-refractivity contribution in [3.63, 3.8) is 0 Å². The Morgan fingerprint density at radius 3 is 2.63 bits per heavy atom. The van der Waals surface area contributed by atoms with Gasteiger partial charge in [0.05, 0.1) is 11.5 Å². The molecule has 0 aromatic heterocycles. The van der Waals surface area contributed by atoms with Crippen molar-refractivity contribution in [3.05, 3.63) is 58.9 Å². The van der Waals surface area contributed by atoms with Gasteiger partial charge in [-0.3, -0.25) is 9.69 Å². The van der Waals surface area contributed by atoms with Crippen LogP contribution in [0.5, 0.6) is 11.5 Å². The molecule has 0 saturated carbocycles. The first-order valence-electron chi connectivity index (χ1n) is 9.41. The highest BCUT2D eigenvalue weighted by molar-refractivity contribution is 5.71. The lowest BCUT2D eigenvalue weighted by molar-refractivity contribution is -0.149. The molecule has 0 aliphatic carbocycles. The van der Waals surface area contributed by atoms with E-state index in [2.05, 4.69) is 4.90 Å². The quantitative estimate of drug-likeness (QED) is 0.740. The van der Waals surface area contributed by atoms with Gasteiger partial charge >= 0.3 is 12.1 Å². The first-order chi connectivity index (χ1) is 14.2. The summed E-state index contributed by atoms with van der Waals surface area (Å²) in [5.74, 6) is -1.04. The molecule has 2 aromatic rings. The van der Waals surface area contributed by atoms with Crippen LogP contribution in [-0.2, 0) is 24.0 Å². The average molecular weight is 425 g/mol. The van der Waals surface area contributed by atoms with Crippen molar-refractivity contribution in [2.75, 3.05) is 19.7 Å². The summed E-state index contributed by atoms with van der Waals surface area (Å²) in [6.45, 7) is 1.24. The molecule has 30 heavy (non-hydrogen) atoms. The number of rotatable bonds is 5. The zero-order valence-corrected chi connectivity index (χ0v) is 15.8. The van der Waals surface area contributed by atoms with Crippen LogP contribution in [0.2, 0.25) is 0 Å². The van der Waals surface area contributed by atoms with Gasteiger partial charge in [0.15, 0.2) is 0 Å². The first-order valence-corrected chi connectivity index (χ1v) is 9.41. The Morgan fingerprint density at radius 1 is 1.20 bits per heavy atom. The topological polar surface area (TPSA) is 59.0 Å². The maximum atomic E-state index is 13.9. The lowest BCUT2D eigenvalue weighted by Crippen LogP contribution is -2.57. The second-order valence-corrected chi connectivity index (χ2v) is 7.52. The number of aliphatic carboxylic acids is 1. The molecule has 0 bridgehead atoms. The Balaban J connectivity index is 1.36. The molecule has 2 aromatic carbocycles. The minimum absolute atomic E-state index is 0.0208. The van der Waals surface area contributed by atoms with Crippen molar-refractivity contribution in [1.29, 1.82) is 0 Å². The van der Waals surface area contributed by atoms with Crippen LogP contribution in [0.15, 0.2) is 36.4 Å². The van der Waals surface area contributed by atoms with Crippen LogP contribution >= 0.6 is 0 Å². The van der Waals surface area contributed by atoms with Gasteiger partial charge in [-0.2, -0.15) is 13.2 Å². The summed E-state index contributed by atoms with van der Waals surface area (Å²) in [5, 5.41) is 8.99. The van der Waals surface area contributed by atoms with Crippen molar-refractivity contribution < 1.29 is 36.9 Å². The van der Waals surface area contributed by atoms with Crippen molar-refractivity contribution in [2.45, 2.75) is 25.2 Å². The number of hydrogen-bond acceptors (Lipinski definition) is 4. The van der Waals surface area contributed by atoms with Gasteiger partial charge in [0.1, 0.15) is 30.5 Å². The van der Waals surface area contributed by atoms with E-state index in [1.165, 1.54) is 0 Å². The standard InChI is InChI=1S/C21H19F4NO4/c22-18-6-15(21(23,24)25)3-1-13(18)10-29-17-4-2-12-5-16(11-30-19(12)7-17)26-8-14(9-26)20(27)28/h1-4,6-7,14,16H,5,8-11H2,(H,27,28). The molecular weight excluding hydrogens is 406 g/mol. The van der Waals surface area contributed by atoms with E-state index in [9.17, 15) is 22.4 Å². The number of hydrogen-bond donors (Lipinski definition) is 1. The van der Waals surface area contributed by atoms with E-state index in [-0.39, 0.29) is 24.1 Å². The third kappa shape index (κ3) is 4.21. The van der Waals surface area contributed by atoms with E-state index in [4.69, 9.17) is 14.6 Å². The SMILES string of the molecule is O=C(O)C1CN(C2COc3cc(OCc4ccc(C(F)(F)F)cc4F)ccc3C2)C1. The molecule has 1 unspecified atom stereocenters. The Bertz CT molecular complexity index is 957. The number of ether oxygens (including phenoxy) is 2. The maximum absolute atomic E-state index is 13.9. The van der Waals surface area contributed by atoms with Gasteiger partial charge in [0.2, 0.25) is 0 Å². The number of nitrogens with zero attached hydrogens (tertiary/aromatic N) is 1. The molecule has 9 heteroatoms. The fourth-order valence-corrected chi connectivity index (χ4v) is 3.63. The minimum Gasteiger partial charge on any atom is -0.492 e. The van der Waals surface area contributed by atoms with Crippen molar-refractivity contribution >= 4 is 5.97 Å². The summed E-state index contributed by atoms with van der Waals surface area (Å²) in [6.07, 6.45) is -3.88. The van der Waals surface area contributed by atoms with Crippen LogP contribution in [0, 0.1) is 11.7 Å². The van der Waals surface area contributed by atoms with Crippen LogP contribution in [0.3, 0.4) is 0 Å². The smallest absolute Gasteiger partial charge is 0.416 e.